The zero-order valence-corrected chi connectivity index (χ0v) is 20.7. The lowest BCUT2D eigenvalue weighted by molar-refractivity contribution is 0.114. The Kier molecular flexibility index (Phi) is 8.04. The minimum absolute atomic E-state index is 0.00666. The molecule has 1 saturated heterocycles. The molecule has 34 heavy (non-hydrogen) atoms. The second-order valence-electron chi connectivity index (χ2n) is 8.93. The molecule has 0 bridgehead atoms. The summed E-state index contributed by atoms with van der Waals surface area (Å²) in [5.41, 5.74) is 0.702. The van der Waals surface area contributed by atoms with Crippen LogP contribution < -0.4 is 4.72 Å². The van der Waals surface area contributed by atoms with Gasteiger partial charge in [-0.2, -0.15) is 4.31 Å². The molecule has 2 fully saturated rings. The van der Waals surface area contributed by atoms with E-state index in [1.54, 1.807) is 12.1 Å². The molecule has 10 heteroatoms. The average Bonchev–Trinajstić information content (AvgIpc) is 3.37. The first-order valence-electron chi connectivity index (χ1n) is 11.7. The topological polar surface area (TPSA) is 92.8 Å². The Bertz CT molecular complexity index is 1160. The van der Waals surface area contributed by atoms with Gasteiger partial charge in [-0.25, -0.2) is 25.9 Å². The molecule has 2 aromatic rings. The monoisotopic (exact) mass is 510 g/mol. The lowest BCUT2D eigenvalue weighted by Crippen LogP contribution is -2.40. The largest absolute Gasteiger partial charge is 0.377 e. The highest BCUT2D eigenvalue weighted by Gasteiger charge is 2.33. The standard InChI is InChI=1S/C24H31FN2O5S2/c25-20-10-8-19(9-11-20)18-27(21-5-2-1-3-6-21)34(30,31)24-14-12-23(13-15-24)33(28,29)26-17-22-7-4-16-32-22/h8-15,21-22,26H,1-7,16-18H2/t22-/m0/s1. The summed E-state index contributed by atoms with van der Waals surface area (Å²) < 4.78 is 75.4. The van der Waals surface area contributed by atoms with Crippen LogP contribution in [-0.2, 0) is 31.3 Å². The number of halogens is 1. The molecule has 0 radical (unpaired) electrons. The second kappa shape index (κ2) is 10.8. The van der Waals surface area contributed by atoms with Crippen molar-refractivity contribution in [3.63, 3.8) is 0 Å². The number of rotatable bonds is 9. The Balaban J connectivity index is 1.54. The number of hydrogen-bond donors (Lipinski definition) is 1. The molecule has 1 saturated carbocycles. The second-order valence-corrected chi connectivity index (χ2v) is 12.6. The maximum absolute atomic E-state index is 13.6. The van der Waals surface area contributed by atoms with E-state index in [2.05, 4.69) is 4.72 Å². The number of benzene rings is 2. The first-order valence-corrected chi connectivity index (χ1v) is 14.7. The van der Waals surface area contributed by atoms with Crippen LogP contribution in [0.3, 0.4) is 0 Å². The Hall–Kier alpha value is -1.85. The van der Waals surface area contributed by atoms with Gasteiger partial charge in [0.1, 0.15) is 5.82 Å². The molecule has 2 aromatic carbocycles. The average molecular weight is 511 g/mol. The molecule has 4 rings (SSSR count). The summed E-state index contributed by atoms with van der Waals surface area (Å²) in [5.74, 6) is -0.374. The molecular formula is C24H31FN2O5S2. The summed E-state index contributed by atoms with van der Waals surface area (Å²) in [6.45, 7) is 0.958. The summed E-state index contributed by atoms with van der Waals surface area (Å²) in [4.78, 5) is 0.0467. The Morgan fingerprint density at radius 3 is 2.12 bits per heavy atom. The minimum atomic E-state index is -3.89. The van der Waals surface area contributed by atoms with Crippen LogP contribution in [0.1, 0.15) is 50.5 Å². The number of hydrogen-bond acceptors (Lipinski definition) is 5. The third-order valence-corrected chi connectivity index (χ3v) is 9.85. The van der Waals surface area contributed by atoms with Crippen molar-refractivity contribution in [2.45, 2.75) is 73.4 Å². The highest BCUT2D eigenvalue weighted by Crippen LogP contribution is 2.30. The number of nitrogens with zero attached hydrogens (tertiary/aromatic N) is 1. The van der Waals surface area contributed by atoms with Crippen LogP contribution in [0, 0.1) is 5.82 Å². The zero-order chi connectivity index (χ0) is 24.2. The molecule has 1 atom stereocenters. The first-order chi connectivity index (χ1) is 16.3. The quantitative estimate of drug-likeness (QED) is 0.554. The fourth-order valence-corrected chi connectivity index (χ4v) is 7.31. The third-order valence-electron chi connectivity index (χ3n) is 6.50. The smallest absolute Gasteiger partial charge is 0.243 e. The van der Waals surface area contributed by atoms with Gasteiger partial charge < -0.3 is 4.74 Å². The van der Waals surface area contributed by atoms with Gasteiger partial charge in [-0.05, 0) is 67.6 Å². The SMILES string of the molecule is O=S(=O)(NC[C@@H]1CCCO1)c1ccc(S(=O)(=O)N(Cc2ccc(F)cc2)C2CCCCC2)cc1. The summed E-state index contributed by atoms with van der Waals surface area (Å²) in [6, 6.07) is 11.0. The Morgan fingerprint density at radius 2 is 1.50 bits per heavy atom. The fourth-order valence-electron chi connectivity index (χ4n) is 4.57. The van der Waals surface area contributed by atoms with Crippen molar-refractivity contribution >= 4 is 20.0 Å². The van der Waals surface area contributed by atoms with E-state index >= 15 is 0 Å². The van der Waals surface area contributed by atoms with Crippen molar-refractivity contribution < 1.29 is 26.0 Å². The van der Waals surface area contributed by atoms with Crippen LogP contribution in [0.4, 0.5) is 4.39 Å². The normalized spacial score (nSPS) is 20.1. The summed E-state index contributed by atoms with van der Waals surface area (Å²) in [7, 11) is -7.67. The van der Waals surface area contributed by atoms with Gasteiger partial charge in [0.2, 0.25) is 20.0 Å². The van der Waals surface area contributed by atoms with E-state index in [9.17, 15) is 21.2 Å². The molecular weight excluding hydrogens is 479 g/mol. The van der Waals surface area contributed by atoms with E-state index in [4.69, 9.17) is 4.74 Å². The highest BCUT2D eigenvalue weighted by molar-refractivity contribution is 7.89. The number of nitrogens with one attached hydrogen (secondary N) is 1. The van der Waals surface area contributed by atoms with Crippen LogP contribution in [-0.4, -0.2) is 46.4 Å². The van der Waals surface area contributed by atoms with E-state index in [0.29, 0.717) is 12.2 Å². The van der Waals surface area contributed by atoms with Crippen LogP contribution in [0.15, 0.2) is 58.3 Å². The van der Waals surface area contributed by atoms with Gasteiger partial charge in [-0.3, -0.25) is 0 Å². The van der Waals surface area contributed by atoms with Gasteiger partial charge in [0.15, 0.2) is 0 Å². The lowest BCUT2D eigenvalue weighted by atomic mass is 9.95. The molecule has 1 aliphatic heterocycles. The molecule has 2 aliphatic rings. The van der Waals surface area contributed by atoms with Crippen molar-refractivity contribution in [2.24, 2.45) is 0 Å². The van der Waals surface area contributed by atoms with E-state index in [1.807, 2.05) is 0 Å². The van der Waals surface area contributed by atoms with Crippen molar-refractivity contribution in [3.05, 3.63) is 59.9 Å². The van der Waals surface area contributed by atoms with E-state index in [1.165, 1.54) is 40.7 Å². The van der Waals surface area contributed by atoms with Crippen molar-refractivity contribution in [3.8, 4) is 0 Å². The molecule has 1 aliphatic carbocycles. The fraction of sp³-hybridized carbons (Fsp3) is 0.500. The highest BCUT2D eigenvalue weighted by atomic mass is 32.2. The summed E-state index contributed by atoms with van der Waals surface area (Å²) in [5, 5.41) is 0. The van der Waals surface area contributed by atoms with Gasteiger partial charge in [0, 0.05) is 25.7 Å². The molecule has 0 spiro atoms. The Morgan fingerprint density at radius 1 is 0.853 bits per heavy atom. The summed E-state index contributed by atoms with van der Waals surface area (Å²) >= 11 is 0. The molecule has 0 aromatic heterocycles. The van der Waals surface area contributed by atoms with Gasteiger partial charge >= 0.3 is 0 Å². The van der Waals surface area contributed by atoms with Crippen LogP contribution in [0.5, 0.6) is 0 Å². The third kappa shape index (κ3) is 6.04. The molecule has 7 nitrogen and oxygen atoms in total. The van der Waals surface area contributed by atoms with Gasteiger partial charge in [-0.15, -0.1) is 0 Å². The van der Waals surface area contributed by atoms with Crippen molar-refractivity contribution in [1.82, 2.24) is 9.03 Å². The number of sulfonamides is 2. The maximum Gasteiger partial charge on any atom is 0.243 e. The predicted molar refractivity (Wildman–Crippen MR) is 127 cm³/mol. The van der Waals surface area contributed by atoms with Crippen LogP contribution >= 0.6 is 0 Å². The van der Waals surface area contributed by atoms with Crippen LogP contribution in [0.25, 0.3) is 0 Å². The maximum atomic E-state index is 13.6. The number of ether oxygens (including phenoxy) is 1. The molecule has 1 heterocycles. The van der Waals surface area contributed by atoms with E-state index < -0.39 is 20.0 Å². The Labute approximate surface area is 201 Å². The summed E-state index contributed by atoms with van der Waals surface area (Å²) in [6.07, 6.45) is 6.09. The minimum Gasteiger partial charge on any atom is -0.377 e. The predicted octanol–water partition coefficient (Wildman–Crippen LogP) is 3.81. The van der Waals surface area contributed by atoms with Gasteiger partial charge in [-0.1, -0.05) is 31.4 Å². The van der Waals surface area contributed by atoms with Gasteiger partial charge in [0.25, 0.3) is 0 Å². The first kappa shape index (κ1) is 25.2. The van der Waals surface area contributed by atoms with Crippen molar-refractivity contribution in [1.29, 1.82) is 0 Å². The molecule has 1 N–H and O–H groups in total. The zero-order valence-electron chi connectivity index (χ0n) is 19.0. The van der Waals surface area contributed by atoms with E-state index in [-0.39, 0.29) is 40.8 Å². The molecule has 0 unspecified atom stereocenters. The van der Waals surface area contributed by atoms with Crippen LogP contribution in [0.2, 0.25) is 0 Å². The van der Waals surface area contributed by atoms with E-state index in [0.717, 1.165) is 44.9 Å². The van der Waals surface area contributed by atoms with Crippen molar-refractivity contribution in [2.75, 3.05) is 13.2 Å². The van der Waals surface area contributed by atoms with Gasteiger partial charge in [0.05, 0.1) is 15.9 Å². The molecule has 0 amide bonds. The lowest BCUT2D eigenvalue weighted by Gasteiger charge is -2.33. The molecule has 186 valence electrons.